The van der Waals surface area contributed by atoms with E-state index in [9.17, 15) is 23.1 Å². The third kappa shape index (κ3) is 6.50. The van der Waals surface area contributed by atoms with Gasteiger partial charge in [0.2, 0.25) is 0 Å². The number of nitrogens with one attached hydrogen (secondary N) is 1. The zero-order valence-corrected chi connectivity index (χ0v) is 29.9. The second kappa shape index (κ2) is 13.4. The van der Waals surface area contributed by atoms with Crippen LogP contribution >= 0.6 is 0 Å². The van der Waals surface area contributed by atoms with Gasteiger partial charge in [0.25, 0.3) is 11.8 Å². The number of fused-ring (bicyclic) bond motifs is 2. The molecule has 2 amide bonds. The molecule has 10 nitrogen and oxygen atoms in total. The number of carbonyl (C=O) groups excluding carboxylic acids is 2. The van der Waals surface area contributed by atoms with Crippen molar-refractivity contribution in [2.24, 2.45) is 7.05 Å². The number of hydrogen-bond acceptors (Lipinski definition) is 5. The van der Waals surface area contributed by atoms with E-state index in [-0.39, 0.29) is 36.7 Å². The lowest BCUT2D eigenvalue weighted by Crippen LogP contribution is -2.43. The Morgan fingerprint density at radius 2 is 1.53 bits per heavy atom. The van der Waals surface area contributed by atoms with E-state index in [2.05, 4.69) is 23.8 Å². The molecule has 262 valence electrons. The lowest BCUT2D eigenvalue weighted by molar-refractivity contribution is 0.0658. The molecule has 1 aromatic heterocycles. The summed E-state index contributed by atoms with van der Waals surface area (Å²) in [6, 6.07) is 29.1. The van der Waals surface area contributed by atoms with Crippen LogP contribution in [0.1, 0.15) is 55.6 Å². The normalized spacial score (nSPS) is 15.9. The molecule has 0 fully saturated rings. The summed E-state index contributed by atoms with van der Waals surface area (Å²) < 4.78 is 33.0. The van der Waals surface area contributed by atoms with E-state index < -0.39 is 10.2 Å². The Hall–Kier alpha value is -5.39. The SMILES string of the molecule is Cc1c(C(=O)N(C)c2ccc(O)cc2)cc(-c2cc3c(cc2C(=O)N2Cc4ccccc4C[C@H]2C)CN(S(=O)(=O)Nc2ccccc2)CC3)n1C. The van der Waals surface area contributed by atoms with Crippen LogP contribution in [0, 0.1) is 6.92 Å². The van der Waals surface area contributed by atoms with Gasteiger partial charge in [0.15, 0.2) is 0 Å². The van der Waals surface area contributed by atoms with Crippen molar-refractivity contribution in [2.45, 2.75) is 45.8 Å². The first-order valence-corrected chi connectivity index (χ1v) is 18.5. The molecule has 1 atom stereocenters. The fourth-order valence-corrected chi connectivity index (χ4v) is 8.35. The predicted molar refractivity (Wildman–Crippen MR) is 199 cm³/mol. The third-order valence-electron chi connectivity index (χ3n) is 10.3. The largest absolute Gasteiger partial charge is 0.508 e. The molecule has 5 aromatic rings. The molecule has 2 N–H and O–H groups in total. The van der Waals surface area contributed by atoms with Crippen molar-refractivity contribution in [3.05, 3.63) is 136 Å². The van der Waals surface area contributed by atoms with Gasteiger partial charge in [0.1, 0.15) is 5.75 Å². The minimum absolute atomic E-state index is 0.0607. The molecule has 0 saturated carbocycles. The zero-order valence-electron chi connectivity index (χ0n) is 29.1. The highest BCUT2D eigenvalue weighted by atomic mass is 32.2. The summed E-state index contributed by atoms with van der Waals surface area (Å²) in [6.45, 7) is 4.78. The van der Waals surface area contributed by atoms with Crippen molar-refractivity contribution < 1.29 is 23.1 Å². The Bertz CT molecular complexity index is 2250. The fraction of sp³-hybridized carbons (Fsp3) is 0.250. The summed E-state index contributed by atoms with van der Waals surface area (Å²) >= 11 is 0. The second-order valence-electron chi connectivity index (χ2n) is 13.4. The van der Waals surface area contributed by atoms with Crippen LogP contribution in [0.3, 0.4) is 0 Å². The molecular weight excluding hydrogens is 663 g/mol. The smallest absolute Gasteiger partial charge is 0.301 e. The van der Waals surface area contributed by atoms with Crippen LogP contribution in [-0.4, -0.2) is 58.7 Å². The molecule has 7 rings (SSSR count). The van der Waals surface area contributed by atoms with Crippen LogP contribution < -0.4 is 9.62 Å². The lowest BCUT2D eigenvalue weighted by Gasteiger charge is -2.36. The molecule has 0 spiro atoms. The lowest BCUT2D eigenvalue weighted by atomic mass is 9.90. The van der Waals surface area contributed by atoms with E-state index in [4.69, 9.17) is 0 Å². The average molecular weight is 704 g/mol. The zero-order chi connectivity index (χ0) is 36.0. The number of anilines is 2. The Kier molecular flexibility index (Phi) is 8.94. The highest BCUT2D eigenvalue weighted by Crippen LogP contribution is 2.36. The first-order chi connectivity index (χ1) is 24.4. The van der Waals surface area contributed by atoms with Crippen molar-refractivity contribution in [2.75, 3.05) is 23.2 Å². The topological polar surface area (TPSA) is 115 Å². The molecule has 3 heterocycles. The highest BCUT2D eigenvalue weighted by molar-refractivity contribution is 7.90. The van der Waals surface area contributed by atoms with Gasteiger partial charge in [-0.3, -0.25) is 14.3 Å². The standard InChI is InChI=1S/C40H41N5O5S/c1-26-20-28-10-8-9-11-30(28)25-45(26)40(48)37-22-31-24-44(51(49,50)41-32-12-6-5-7-13-32)19-18-29(31)21-36(37)38-23-35(27(2)42(38)3)39(47)43(4)33-14-16-34(46)17-15-33/h5-17,21-23,26,41,46H,18-20,24-25H2,1-4H3/t26-/m1/s1. The molecule has 0 unspecified atom stereocenters. The summed E-state index contributed by atoms with van der Waals surface area (Å²) in [7, 11) is -0.282. The van der Waals surface area contributed by atoms with Gasteiger partial charge in [-0.25, -0.2) is 0 Å². The van der Waals surface area contributed by atoms with Gasteiger partial charge in [-0.1, -0.05) is 42.5 Å². The second-order valence-corrected chi connectivity index (χ2v) is 15.1. The number of aromatic hydroxyl groups is 1. The molecular formula is C40H41N5O5S. The number of para-hydroxylation sites is 1. The molecule has 0 bridgehead atoms. The number of rotatable bonds is 7. The van der Waals surface area contributed by atoms with Gasteiger partial charge in [-0.2, -0.15) is 12.7 Å². The highest BCUT2D eigenvalue weighted by Gasteiger charge is 2.33. The molecule has 0 aliphatic carbocycles. The van der Waals surface area contributed by atoms with Crippen LogP contribution in [0.4, 0.5) is 11.4 Å². The van der Waals surface area contributed by atoms with E-state index in [1.807, 2.05) is 59.8 Å². The number of carbonyl (C=O) groups is 2. The number of phenols is 1. The quantitative estimate of drug-likeness (QED) is 0.207. The van der Waals surface area contributed by atoms with Crippen LogP contribution in [-0.2, 0) is 43.2 Å². The molecule has 0 radical (unpaired) electrons. The van der Waals surface area contributed by atoms with Crippen LogP contribution in [0.2, 0.25) is 0 Å². The minimum atomic E-state index is -3.86. The van der Waals surface area contributed by atoms with Crippen LogP contribution in [0.5, 0.6) is 5.75 Å². The number of hydrogen-bond donors (Lipinski definition) is 2. The number of aromatic nitrogens is 1. The number of nitrogens with zero attached hydrogens (tertiary/aromatic N) is 4. The van der Waals surface area contributed by atoms with Gasteiger partial charge in [0, 0.05) is 73.7 Å². The predicted octanol–water partition coefficient (Wildman–Crippen LogP) is 6.28. The van der Waals surface area contributed by atoms with Crippen LogP contribution in [0.25, 0.3) is 11.3 Å². The number of phenolic OH excluding ortho intramolecular Hbond substituents is 1. The summed E-state index contributed by atoms with van der Waals surface area (Å²) in [5.41, 5.74) is 8.27. The molecule has 2 aliphatic heterocycles. The molecule has 11 heteroatoms. The molecule has 0 saturated heterocycles. The molecule has 4 aromatic carbocycles. The fourth-order valence-electron chi connectivity index (χ4n) is 7.15. The molecule has 51 heavy (non-hydrogen) atoms. The van der Waals surface area contributed by atoms with E-state index in [0.717, 1.165) is 28.8 Å². The minimum Gasteiger partial charge on any atom is -0.508 e. The summed E-state index contributed by atoms with van der Waals surface area (Å²) in [4.78, 5) is 32.1. The van der Waals surface area contributed by atoms with Gasteiger partial charge in [-0.05, 0) is 104 Å². The Morgan fingerprint density at radius 1 is 0.843 bits per heavy atom. The van der Waals surface area contributed by atoms with E-state index >= 15 is 0 Å². The monoisotopic (exact) mass is 703 g/mol. The summed E-state index contributed by atoms with van der Waals surface area (Å²) in [5, 5.41) is 9.76. The maximum Gasteiger partial charge on any atom is 0.301 e. The van der Waals surface area contributed by atoms with Crippen molar-refractivity contribution in [3.63, 3.8) is 0 Å². The van der Waals surface area contributed by atoms with Crippen molar-refractivity contribution >= 4 is 33.4 Å². The maximum absolute atomic E-state index is 14.8. The summed E-state index contributed by atoms with van der Waals surface area (Å²) in [6.07, 6.45) is 1.18. The number of benzene rings is 4. The number of amides is 2. The Morgan fingerprint density at radius 3 is 2.25 bits per heavy atom. The molecule has 2 aliphatic rings. The summed E-state index contributed by atoms with van der Waals surface area (Å²) in [5.74, 6) is -0.258. The van der Waals surface area contributed by atoms with Gasteiger partial charge in [0.05, 0.1) is 5.56 Å². The first kappa shape index (κ1) is 34.1. The van der Waals surface area contributed by atoms with Gasteiger partial charge >= 0.3 is 10.2 Å². The van der Waals surface area contributed by atoms with Crippen molar-refractivity contribution in [1.82, 2.24) is 13.8 Å². The maximum atomic E-state index is 14.8. The van der Waals surface area contributed by atoms with E-state index in [1.54, 1.807) is 43.4 Å². The Balaban J connectivity index is 1.29. The van der Waals surface area contributed by atoms with Crippen molar-refractivity contribution in [3.8, 4) is 17.0 Å². The van der Waals surface area contributed by atoms with E-state index in [0.29, 0.717) is 46.7 Å². The van der Waals surface area contributed by atoms with E-state index in [1.165, 1.54) is 26.9 Å². The van der Waals surface area contributed by atoms with Gasteiger partial charge < -0.3 is 19.5 Å². The van der Waals surface area contributed by atoms with Gasteiger partial charge in [-0.15, -0.1) is 0 Å². The average Bonchev–Trinajstić information content (AvgIpc) is 3.43. The Labute approximate surface area is 298 Å². The first-order valence-electron chi connectivity index (χ1n) is 17.0. The van der Waals surface area contributed by atoms with Crippen molar-refractivity contribution in [1.29, 1.82) is 0 Å². The third-order valence-corrected chi connectivity index (χ3v) is 11.7. The van der Waals surface area contributed by atoms with Crippen LogP contribution in [0.15, 0.2) is 97.1 Å².